The summed E-state index contributed by atoms with van der Waals surface area (Å²) in [5.74, 6) is -1.31. The quantitative estimate of drug-likeness (QED) is 0.801. The van der Waals surface area contributed by atoms with Gasteiger partial charge in [0.05, 0.1) is 7.11 Å². The Hall–Kier alpha value is -3.35. The zero-order valence-electron chi connectivity index (χ0n) is 15.8. The third-order valence-corrected chi connectivity index (χ3v) is 4.80. The molecule has 0 spiro atoms. The van der Waals surface area contributed by atoms with E-state index >= 15 is 0 Å². The second-order valence-corrected chi connectivity index (χ2v) is 6.77. The van der Waals surface area contributed by atoms with Gasteiger partial charge in [-0.25, -0.2) is 4.79 Å². The van der Waals surface area contributed by atoms with Crippen molar-refractivity contribution < 1.29 is 24.2 Å². The van der Waals surface area contributed by atoms with Crippen LogP contribution in [0.25, 0.3) is 0 Å². The number of rotatable bonds is 6. The molecule has 0 saturated carbocycles. The van der Waals surface area contributed by atoms with Crippen molar-refractivity contribution in [1.82, 2.24) is 4.90 Å². The van der Waals surface area contributed by atoms with Gasteiger partial charge in [0.25, 0.3) is 0 Å². The Morgan fingerprint density at radius 3 is 2.57 bits per heavy atom. The van der Waals surface area contributed by atoms with Gasteiger partial charge in [0, 0.05) is 24.7 Å². The standard InChI is InChI=1S/C21H22N2O5/c1-13-3-5-14(6-4-13)12-23-17(9-10-19(23)24)20(25)22-15-7-8-16(21(26)27)18(11-15)28-2/h3-8,11,17H,9-10,12H2,1-2H3,(H,22,25)(H,26,27). The Kier molecular flexibility index (Phi) is 5.63. The second-order valence-electron chi connectivity index (χ2n) is 6.77. The molecule has 0 radical (unpaired) electrons. The molecule has 7 nitrogen and oxygen atoms in total. The normalized spacial score (nSPS) is 16.1. The van der Waals surface area contributed by atoms with E-state index in [1.165, 1.54) is 25.3 Å². The molecule has 2 aromatic carbocycles. The van der Waals surface area contributed by atoms with Crippen LogP contribution in [0.15, 0.2) is 42.5 Å². The van der Waals surface area contributed by atoms with Crippen molar-refractivity contribution in [3.05, 3.63) is 59.2 Å². The molecule has 7 heteroatoms. The van der Waals surface area contributed by atoms with Crippen LogP contribution in [0.1, 0.15) is 34.3 Å². The van der Waals surface area contributed by atoms with E-state index in [1.54, 1.807) is 4.90 Å². The van der Waals surface area contributed by atoms with Crippen molar-refractivity contribution in [2.45, 2.75) is 32.4 Å². The average molecular weight is 382 g/mol. The minimum atomic E-state index is -1.11. The Labute approximate surface area is 162 Å². The van der Waals surface area contributed by atoms with Crippen molar-refractivity contribution >= 4 is 23.5 Å². The molecule has 2 aromatic rings. The summed E-state index contributed by atoms with van der Waals surface area (Å²) < 4.78 is 5.08. The van der Waals surface area contributed by atoms with E-state index in [1.807, 2.05) is 31.2 Å². The maximum atomic E-state index is 12.8. The van der Waals surface area contributed by atoms with Gasteiger partial charge in [0.15, 0.2) is 0 Å². The molecule has 3 rings (SSSR count). The highest BCUT2D eigenvalue weighted by Gasteiger charge is 2.36. The number of likely N-dealkylation sites (tertiary alicyclic amines) is 1. The number of hydrogen-bond donors (Lipinski definition) is 2. The van der Waals surface area contributed by atoms with Crippen molar-refractivity contribution in [2.24, 2.45) is 0 Å². The third-order valence-electron chi connectivity index (χ3n) is 4.80. The summed E-state index contributed by atoms with van der Waals surface area (Å²) in [6, 6.07) is 11.6. The van der Waals surface area contributed by atoms with Crippen LogP contribution in [-0.2, 0) is 16.1 Å². The fourth-order valence-corrected chi connectivity index (χ4v) is 3.27. The lowest BCUT2D eigenvalue weighted by atomic mass is 10.1. The highest BCUT2D eigenvalue weighted by molar-refractivity contribution is 6.00. The number of carboxylic acid groups (broad SMARTS) is 1. The first-order valence-electron chi connectivity index (χ1n) is 8.96. The summed E-state index contributed by atoms with van der Waals surface area (Å²) in [6.45, 7) is 2.36. The molecule has 1 fully saturated rings. The number of anilines is 1. The molecule has 28 heavy (non-hydrogen) atoms. The molecule has 146 valence electrons. The number of ether oxygens (including phenoxy) is 1. The van der Waals surface area contributed by atoms with Crippen LogP contribution < -0.4 is 10.1 Å². The van der Waals surface area contributed by atoms with E-state index in [0.717, 1.165) is 11.1 Å². The number of amides is 2. The number of carbonyl (C=O) groups excluding carboxylic acids is 2. The Bertz CT molecular complexity index is 908. The first-order chi connectivity index (χ1) is 13.4. The molecule has 0 aliphatic carbocycles. The van der Waals surface area contributed by atoms with E-state index in [0.29, 0.717) is 25.1 Å². The summed E-state index contributed by atoms with van der Waals surface area (Å²) in [6.07, 6.45) is 0.770. The third kappa shape index (κ3) is 4.14. The molecule has 0 bridgehead atoms. The largest absolute Gasteiger partial charge is 0.496 e. The first kappa shape index (κ1) is 19.4. The number of carboxylic acids is 1. The minimum Gasteiger partial charge on any atom is -0.496 e. The number of aromatic carboxylic acids is 1. The Balaban J connectivity index is 1.74. The number of nitrogens with one attached hydrogen (secondary N) is 1. The lowest BCUT2D eigenvalue weighted by molar-refractivity contribution is -0.133. The van der Waals surface area contributed by atoms with Crippen molar-refractivity contribution in [1.29, 1.82) is 0 Å². The van der Waals surface area contributed by atoms with Gasteiger partial charge in [-0.1, -0.05) is 29.8 Å². The number of aryl methyl sites for hydroxylation is 1. The van der Waals surface area contributed by atoms with Crippen LogP contribution in [0, 0.1) is 6.92 Å². The first-order valence-corrected chi connectivity index (χ1v) is 8.96. The molecule has 2 N–H and O–H groups in total. The summed E-state index contributed by atoms with van der Waals surface area (Å²) in [5.41, 5.74) is 2.52. The van der Waals surface area contributed by atoms with Crippen LogP contribution >= 0.6 is 0 Å². The number of benzene rings is 2. The summed E-state index contributed by atoms with van der Waals surface area (Å²) >= 11 is 0. The Morgan fingerprint density at radius 1 is 1.21 bits per heavy atom. The fourth-order valence-electron chi connectivity index (χ4n) is 3.27. The lowest BCUT2D eigenvalue weighted by Gasteiger charge is -2.24. The highest BCUT2D eigenvalue weighted by Crippen LogP contribution is 2.26. The van der Waals surface area contributed by atoms with Crippen LogP contribution in [0.2, 0.25) is 0 Å². The summed E-state index contributed by atoms with van der Waals surface area (Å²) in [5, 5.41) is 11.9. The van der Waals surface area contributed by atoms with Crippen molar-refractivity contribution in [3.63, 3.8) is 0 Å². The summed E-state index contributed by atoms with van der Waals surface area (Å²) in [4.78, 5) is 37.8. The smallest absolute Gasteiger partial charge is 0.339 e. The number of methoxy groups -OCH3 is 1. The molecule has 1 aliphatic rings. The zero-order chi connectivity index (χ0) is 20.3. The molecule has 2 amide bonds. The maximum absolute atomic E-state index is 12.8. The van der Waals surface area contributed by atoms with E-state index < -0.39 is 12.0 Å². The van der Waals surface area contributed by atoms with Crippen molar-refractivity contribution in [2.75, 3.05) is 12.4 Å². The average Bonchev–Trinajstić information content (AvgIpc) is 3.03. The minimum absolute atomic E-state index is 0.0116. The van der Waals surface area contributed by atoms with Gasteiger partial charge in [-0.05, 0) is 31.0 Å². The maximum Gasteiger partial charge on any atom is 0.339 e. The van der Waals surface area contributed by atoms with Crippen LogP contribution in [-0.4, -0.2) is 40.9 Å². The van der Waals surface area contributed by atoms with Gasteiger partial charge < -0.3 is 20.1 Å². The molecule has 1 heterocycles. The molecular weight excluding hydrogens is 360 g/mol. The summed E-state index contributed by atoms with van der Waals surface area (Å²) in [7, 11) is 1.37. The molecule has 1 atom stereocenters. The van der Waals surface area contributed by atoms with E-state index in [9.17, 15) is 14.4 Å². The number of hydrogen-bond acceptors (Lipinski definition) is 4. The fraction of sp³-hybridized carbons (Fsp3) is 0.286. The van der Waals surface area contributed by atoms with Crippen LogP contribution in [0.5, 0.6) is 5.75 Å². The highest BCUT2D eigenvalue weighted by atomic mass is 16.5. The number of carbonyl (C=O) groups is 3. The van der Waals surface area contributed by atoms with E-state index in [4.69, 9.17) is 9.84 Å². The van der Waals surface area contributed by atoms with Crippen molar-refractivity contribution in [3.8, 4) is 5.75 Å². The SMILES string of the molecule is COc1cc(NC(=O)C2CCC(=O)N2Cc2ccc(C)cc2)ccc1C(=O)O. The van der Waals surface area contributed by atoms with E-state index in [-0.39, 0.29) is 23.1 Å². The van der Waals surface area contributed by atoms with Crippen LogP contribution in [0.4, 0.5) is 5.69 Å². The number of nitrogens with zero attached hydrogens (tertiary/aromatic N) is 1. The van der Waals surface area contributed by atoms with Gasteiger partial charge in [0.2, 0.25) is 11.8 Å². The van der Waals surface area contributed by atoms with Gasteiger partial charge in [-0.3, -0.25) is 9.59 Å². The van der Waals surface area contributed by atoms with E-state index in [2.05, 4.69) is 5.32 Å². The molecule has 1 unspecified atom stereocenters. The van der Waals surface area contributed by atoms with Gasteiger partial charge in [-0.15, -0.1) is 0 Å². The Morgan fingerprint density at radius 2 is 1.93 bits per heavy atom. The molecular formula is C21H22N2O5. The zero-order valence-corrected chi connectivity index (χ0v) is 15.8. The molecule has 1 saturated heterocycles. The monoisotopic (exact) mass is 382 g/mol. The van der Waals surface area contributed by atoms with Gasteiger partial charge in [0.1, 0.15) is 17.4 Å². The molecule has 0 aromatic heterocycles. The second kappa shape index (κ2) is 8.12. The van der Waals surface area contributed by atoms with Crippen LogP contribution in [0.3, 0.4) is 0 Å². The van der Waals surface area contributed by atoms with Gasteiger partial charge >= 0.3 is 5.97 Å². The predicted molar refractivity (Wildman–Crippen MR) is 103 cm³/mol. The topological polar surface area (TPSA) is 95.9 Å². The molecule has 1 aliphatic heterocycles. The van der Waals surface area contributed by atoms with Gasteiger partial charge in [-0.2, -0.15) is 0 Å². The predicted octanol–water partition coefficient (Wildman–Crippen LogP) is 2.83. The lowest BCUT2D eigenvalue weighted by Crippen LogP contribution is -2.41.